The van der Waals surface area contributed by atoms with Crippen LogP contribution in [0.25, 0.3) is 11.7 Å². The normalized spacial score (nSPS) is 19.0. The van der Waals surface area contributed by atoms with E-state index in [1.165, 1.54) is 16.8 Å². The minimum Gasteiger partial charge on any atom is -0.494 e. The van der Waals surface area contributed by atoms with E-state index in [4.69, 9.17) is 0 Å². The van der Waals surface area contributed by atoms with Gasteiger partial charge in [-0.25, -0.2) is 0 Å². The molecule has 1 saturated carbocycles. The van der Waals surface area contributed by atoms with E-state index in [1.54, 1.807) is 11.0 Å². The van der Waals surface area contributed by atoms with Gasteiger partial charge in [0.1, 0.15) is 5.65 Å². The molecular formula is C23H31N5O5. The highest BCUT2D eigenvalue weighted by Gasteiger charge is 2.30. The van der Waals surface area contributed by atoms with Crippen molar-refractivity contribution in [3.63, 3.8) is 0 Å². The molecule has 0 aromatic carbocycles. The van der Waals surface area contributed by atoms with E-state index in [1.807, 2.05) is 13.8 Å². The Kier molecular flexibility index (Phi) is 6.55. The fraction of sp³-hybridized carbons (Fsp3) is 0.565. The maximum absolute atomic E-state index is 13.0. The van der Waals surface area contributed by atoms with Gasteiger partial charge in [0.15, 0.2) is 5.56 Å². The number of aliphatic hydroxyl groups is 1. The molecule has 2 aromatic rings. The minimum atomic E-state index is -0.701. The van der Waals surface area contributed by atoms with Crippen molar-refractivity contribution < 1.29 is 19.8 Å². The number of aromatic nitrogens is 3. The lowest BCUT2D eigenvalue weighted by Crippen LogP contribution is -2.40. The summed E-state index contributed by atoms with van der Waals surface area (Å²) in [4.78, 5) is 40.1. The zero-order chi connectivity index (χ0) is 23.7. The molecule has 2 aromatic heterocycles. The van der Waals surface area contributed by atoms with Gasteiger partial charge in [0.05, 0.1) is 6.20 Å². The Hall–Kier alpha value is -3.14. The fourth-order valence-electron chi connectivity index (χ4n) is 4.23. The van der Waals surface area contributed by atoms with Crippen LogP contribution in [0.5, 0.6) is 5.88 Å². The quantitative estimate of drug-likeness (QED) is 0.532. The first-order valence-corrected chi connectivity index (χ1v) is 11.5. The van der Waals surface area contributed by atoms with Crippen molar-refractivity contribution in [2.45, 2.75) is 52.1 Å². The lowest BCUT2D eigenvalue weighted by molar-refractivity contribution is -0.127. The Balaban J connectivity index is 1.71. The zero-order valence-corrected chi connectivity index (χ0v) is 19.0. The number of hydrogen-bond donors (Lipinski definition) is 3. The van der Waals surface area contributed by atoms with Crippen LogP contribution in [-0.4, -0.2) is 66.8 Å². The molecule has 3 N–H and O–H groups in total. The van der Waals surface area contributed by atoms with Crippen LogP contribution in [0.4, 0.5) is 0 Å². The second-order valence-corrected chi connectivity index (χ2v) is 9.40. The van der Waals surface area contributed by atoms with Crippen molar-refractivity contribution in [2.24, 2.45) is 11.8 Å². The molecule has 10 heteroatoms. The number of aliphatic hydroxyl groups excluding tert-OH is 1. The third-order valence-corrected chi connectivity index (χ3v) is 6.09. The van der Waals surface area contributed by atoms with Crippen LogP contribution in [0.3, 0.4) is 0 Å². The Labute approximate surface area is 191 Å². The number of aromatic hydroxyl groups is 1. The van der Waals surface area contributed by atoms with Gasteiger partial charge in [-0.3, -0.25) is 19.0 Å². The van der Waals surface area contributed by atoms with Crippen molar-refractivity contribution in [3.05, 3.63) is 33.8 Å². The van der Waals surface area contributed by atoms with E-state index in [0.29, 0.717) is 30.8 Å². The van der Waals surface area contributed by atoms with Crippen LogP contribution in [-0.2, 0) is 11.3 Å². The summed E-state index contributed by atoms with van der Waals surface area (Å²) in [5, 5.41) is 27.3. The number of likely N-dealkylation sites (tertiary alicyclic amines) is 1. The van der Waals surface area contributed by atoms with Gasteiger partial charge in [0.2, 0.25) is 11.8 Å². The summed E-state index contributed by atoms with van der Waals surface area (Å²) < 4.78 is 2.62. The highest BCUT2D eigenvalue weighted by atomic mass is 16.3. The molecular weight excluding hydrogens is 426 g/mol. The number of nitrogens with one attached hydrogen (secondary N) is 1. The first-order chi connectivity index (χ1) is 15.8. The van der Waals surface area contributed by atoms with E-state index in [9.17, 15) is 24.6 Å². The molecule has 0 bridgehead atoms. The number of fused-ring (bicyclic) bond motifs is 1. The molecule has 0 spiro atoms. The Morgan fingerprint density at radius 1 is 1.30 bits per heavy atom. The largest absolute Gasteiger partial charge is 0.494 e. The van der Waals surface area contributed by atoms with E-state index in [0.717, 1.165) is 30.2 Å². The maximum atomic E-state index is 13.0. The van der Waals surface area contributed by atoms with Crippen LogP contribution >= 0.6 is 0 Å². The molecule has 1 aliphatic carbocycles. The number of nitrogens with zero attached hydrogens (tertiary/aromatic N) is 4. The average molecular weight is 458 g/mol. The fourth-order valence-corrected chi connectivity index (χ4v) is 4.23. The first-order valence-electron chi connectivity index (χ1n) is 11.5. The first kappa shape index (κ1) is 23.0. The molecule has 0 radical (unpaired) electrons. The summed E-state index contributed by atoms with van der Waals surface area (Å²) in [6, 6.07) is 0.0351. The molecule has 178 valence electrons. The van der Waals surface area contributed by atoms with Crippen LogP contribution < -0.4 is 10.9 Å². The summed E-state index contributed by atoms with van der Waals surface area (Å²) in [5.74, 6) is -0.997. The SMILES string of the molecule is CC(C)Cn1c(O)c(C(=O)NC2CC2)c(=O)n2ncc(C=CC(=O)N3CCCC(CO)C3)c12. The Bertz CT molecular complexity index is 1140. The average Bonchev–Trinajstić information content (AvgIpc) is 3.50. The third-order valence-electron chi connectivity index (χ3n) is 6.09. The van der Waals surface area contributed by atoms with Gasteiger partial charge in [-0.2, -0.15) is 9.61 Å². The molecule has 1 saturated heterocycles. The van der Waals surface area contributed by atoms with Crippen LogP contribution in [0.2, 0.25) is 0 Å². The number of carbonyl (C=O) groups is 2. The van der Waals surface area contributed by atoms with Crippen molar-refractivity contribution >= 4 is 23.5 Å². The summed E-state index contributed by atoms with van der Waals surface area (Å²) >= 11 is 0. The van der Waals surface area contributed by atoms with Gasteiger partial charge < -0.3 is 20.4 Å². The van der Waals surface area contributed by atoms with Crippen molar-refractivity contribution in [1.82, 2.24) is 24.4 Å². The van der Waals surface area contributed by atoms with Crippen LogP contribution in [0.1, 0.15) is 55.5 Å². The van der Waals surface area contributed by atoms with Crippen molar-refractivity contribution in [3.8, 4) is 5.88 Å². The van der Waals surface area contributed by atoms with Crippen LogP contribution in [0, 0.1) is 11.8 Å². The number of piperidine rings is 1. The summed E-state index contributed by atoms with van der Waals surface area (Å²) in [5.41, 5.74) is -0.215. The van der Waals surface area contributed by atoms with Crippen molar-refractivity contribution in [1.29, 1.82) is 0 Å². The van der Waals surface area contributed by atoms with Crippen molar-refractivity contribution in [2.75, 3.05) is 19.7 Å². The predicted octanol–water partition coefficient (Wildman–Crippen LogP) is 0.994. The predicted molar refractivity (Wildman–Crippen MR) is 122 cm³/mol. The standard InChI is InChI=1S/C23H31N5O5/c1-14(2)11-27-21-16(5-8-18(30)26-9-3-4-15(12-26)13-29)10-24-28(21)23(33)19(22(27)32)20(31)25-17-6-7-17/h5,8,10,14-15,17,29,32H,3-4,6-7,9,11-13H2,1-2H3,(H,25,31). The number of rotatable bonds is 7. The highest BCUT2D eigenvalue weighted by molar-refractivity contribution is 5.97. The highest BCUT2D eigenvalue weighted by Crippen LogP contribution is 2.25. The molecule has 2 amide bonds. The molecule has 1 unspecified atom stereocenters. The molecule has 2 fully saturated rings. The van der Waals surface area contributed by atoms with E-state index in [-0.39, 0.29) is 36.0 Å². The summed E-state index contributed by atoms with van der Waals surface area (Å²) in [6.45, 7) is 5.46. The van der Waals surface area contributed by atoms with Gasteiger partial charge in [-0.15, -0.1) is 0 Å². The maximum Gasteiger partial charge on any atom is 0.291 e. The molecule has 1 atom stereocenters. The lowest BCUT2D eigenvalue weighted by Gasteiger charge is -2.31. The molecule has 2 aliphatic rings. The topological polar surface area (TPSA) is 129 Å². The van der Waals surface area contributed by atoms with Crippen LogP contribution in [0.15, 0.2) is 17.1 Å². The smallest absolute Gasteiger partial charge is 0.291 e. The number of amides is 2. The second kappa shape index (κ2) is 9.38. The van der Waals surface area contributed by atoms with Gasteiger partial charge in [0.25, 0.3) is 11.5 Å². The Morgan fingerprint density at radius 3 is 2.73 bits per heavy atom. The van der Waals surface area contributed by atoms with Gasteiger partial charge in [-0.1, -0.05) is 13.8 Å². The van der Waals surface area contributed by atoms with Gasteiger partial charge >= 0.3 is 0 Å². The zero-order valence-electron chi connectivity index (χ0n) is 19.0. The summed E-state index contributed by atoms with van der Waals surface area (Å²) in [6.07, 6.45) is 7.90. The molecule has 3 heterocycles. The summed E-state index contributed by atoms with van der Waals surface area (Å²) in [7, 11) is 0. The molecule has 4 rings (SSSR count). The van der Waals surface area contributed by atoms with E-state index < -0.39 is 17.3 Å². The molecule has 1 aliphatic heterocycles. The Morgan fingerprint density at radius 2 is 2.06 bits per heavy atom. The van der Waals surface area contributed by atoms with Gasteiger partial charge in [0, 0.05) is 43.9 Å². The third kappa shape index (κ3) is 4.80. The minimum absolute atomic E-state index is 0.0351. The monoisotopic (exact) mass is 457 g/mol. The second-order valence-electron chi connectivity index (χ2n) is 9.40. The van der Waals surface area contributed by atoms with Gasteiger partial charge in [-0.05, 0) is 43.6 Å². The molecule has 10 nitrogen and oxygen atoms in total. The lowest BCUT2D eigenvalue weighted by atomic mass is 9.99. The number of carbonyl (C=O) groups excluding carboxylic acids is 2. The molecule has 33 heavy (non-hydrogen) atoms. The van der Waals surface area contributed by atoms with E-state index in [2.05, 4.69) is 10.4 Å². The number of hydrogen-bond acceptors (Lipinski definition) is 6. The van der Waals surface area contributed by atoms with E-state index >= 15 is 0 Å².